The zero-order valence-electron chi connectivity index (χ0n) is 23.2. The number of rotatable bonds is 14. The number of aromatic amines is 1. The smallest absolute Gasteiger partial charge is 0.330 e. The Balaban J connectivity index is 2.25. The first kappa shape index (κ1) is 31.1. The summed E-state index contributed by atoms with van der Waals surface area (Å²) >= 11 is 0. The number of unbranched alkanes of at least 4 members (excludes halogenated alkanes) is 1. The molecule has 12 nitrogen and oxygen atoms in total. The van der Waals surface area contributed by atoms with E-state index in [1.54, 1.807) is 45.0 Å². The van der Waals surface area contributed by atoms with E-state index >= 15 is 0 Å². The molecular formula is C27H39N5O7. The van der Waals surface area contributed by atoms with Crippen molar-refractivity contribution >= 4 is 29.3 Å². The minimum absolute atomic E-state index is 0.128. The predicted molar refractivity (Wildman–Crippen MR) is 148 cm³/mol. The van der Waals surface area contributed by atoms with Gasteiger partial charge in [0.15, 0.2) is 12.3 Å². The first-order chi connectivity index (χ1) is 18.6. The van der Waals surface area contributed by atoms with E-state index in [-0.39, 0.29) is 36.1 Å². The van der Waals surface area contributed by atoms with Crippen molar-refractivity contribution in [2.75, 3.05) is 30.4 Å². The van der Waals surface area contributed by atoms with Crippen molar-refractivity contribution in [1.82, 2.24) is 14.9 Å². The molecule has 39 heavy (non-hydrogen) atoms. The Morgan fingerprint density at radius 3 is 2.41 bits per heavy atom. The first-order valence-electron chi connectivity index (χ1n) is 13.2. The molecule has 1 heterocycles. The Hall–Kier alpha value is -4.09. The highest BCUT2D eigenvalue weighted by Gasteiger charge is 2.30. The van der Waals surface area contributed by atoms with E-state index in [1.807, 2.05) is 13.8 Å². The van der Waals surface area contributed by atoms with Crippen molar-refractivity contribution in [2.24, 2.45) is 5.92 Å². The highest BCUT2D eigenvalue weighted by Crippen LogP contribution is 2.20. The third-order valence-corrected chi connectivity index (χ3v) is 5.94. The molecule has 0 radical (unpaired) electrons. The van der Waals surface area contributed by atoms with Crippen LogP contribution in [0.25, 0.3) is 0 Å². The van der Waals surface area contributed by atoms with E-state index in [4.69, 9.17) is 15.2 Å². The number of nitrogen functional groups attached to an aromatic ring is 1. The van der Waals surface area contributed by atoms with Gasteiger partial charge >= 0.3 is 11.7 Å². The van der Waals surface area contributed by atoms with Gasteiger partial charge in [-0.05, 0) is 37.8 Å². The van der Waals surface area contributed by atoms with Crippen LogP contribution in [0.4, 0.5) is 11.5 Å². The number of aromatic nitrogens is 2. The summed E-state index contributed by atoms with van der Waals surface area (Å²) in [7, 11) is 0. The first-order valence-corrected chi connectivity index (χ1v) is 13.2. The molecule has 0 spiro atoms. The Morgan fingerprint density at radius 2 is 1.79 bits per heavy atom. The van der Waals surface area contributed by atoms with Gasteiger partial charge in [0.2, 0.25) is 0 Å². The lowest BCUT2D eigenvalue weighted by Crippen LogP contribution is -2.47. The quantitative estimate of drug-likeness (QED) is 0.303. The fourth-order valence-corrected chi connectivity index (χ4v) is 3.91. The maximum atomic E-state index is 13.2. The monoisotopic (exact) mass is 545 g/mol. The topological polar surface area (TPSA) is 166 Å². The fraction of sp³-hybridized carbons (Fsp3) is 0.519. The second-order valence-corrected chi connectivity index (χ2v) is 9.28. The number of H-pyrrole nitrogens is 1. The van der Waals surface area contributed by atoms with Crippen LogP contribution < -0.4 is 31.9 Å². The Labute approximate surface area is 227 Å². The van der Waals surface area contributed by atoms with Gasteiger partial charge in [-0.1, -0.05) is 46.2 Å². The molecule has 2 aromatic rings. The van der Waals surface area contributed by atoms with E-state index in [9.17, 15) is 24.0 Å². The Morgan fingerprint density at radius 1 is 1.10 bits per heavy atom. The van der Waals surface area contributed by atoms with Crippen molar-refractivity contribution < 1.29 is 23.9 Å². The number of carbonyl (C=O) groups is 3. The molecular weight excluding hydrogens is 506 g/mol. The summed E-state index contributed by atoms with van der Waals surface area (Å²) in [5.41, 5.74) is 4.77. The molecule has 2 rings (SSSR count). The van der Waals surface area contributed by atoms with Gasteiger partial charge in [-0.15, -0.1) is 0 Å². The number of amides is 2. The van der Waals surface area contributed by atoms with Gasteiger partial charge in [-0.3, -0.25) is 23.9 Å². The van der Waals surface area contributed by atoms with Gasteiger partial charge in [0.25, 0.3) is 17.4 Å². The lowest BCUT2D eigenvalue weighted by atomic mass is 10.0. The van der Waals surface area contributed by atoms with Crippen LogP contribution in [0, 0.1) is 5.92 Å². The largest absolute Gasteiger partial charge is 0.493 e. The van der Waals surface area contributed by atoms with Crippen LogP contribution in [0.1, 0.15) is 64.2 Å². The third-order valence-electron chi connectivity index (χ3n) is 5.94. The molecule has 0 saturated carbocycles. The van der Waals surface area contributed by atoms with Gasteiger partial charge < -0.3 is 25.4 Å². The summed E-state index contributed by atoms with van der Waals surface area (Å²) in [4.78, 5) is 67.4. The zero-order valence-corrected chi connectivity index (χ0v) is 23.2. The van der Waals surface area contributed by atoms with Crippen molar-refractivity contribution in [1.29, 1.82) is 0 Å². The van der Waals surface area contributed by atoms with Crippen molar-refractivity contribution in [3.05, 3.63) is 50.7 Å². The lowest BCUT2D eigenvalue weighted by molar-refractivity contribution is -0.150. The molecule has 0 saturated heterocycles. The minimum Gasteiger partial charge on any atom is -0.493 e. The Bertz CT molecular complexity index is 1270. The van der Waals surface area contributed by atoms with Gasteiger partial charge in [0, 0.05) is 13.1 Å². The number of para-hydroxylation sites is 1. The summed E-state index contributed by atoms with van der Waals surface area (Å²) in [6.45, 7) is 9.06. The molecule has 1 aromatic carbocycles. The molecule has 0 bridgehead atoms. The molecule has 0 aliphatic rings. The predicted octanol–water partition coefficient (Wildman–Crippen LogP) is 2.06. The van der Waals surface area contributed by atoms with Crippen molar-refractivity contribution in [3.63, 3.8) is 0 Å². The number of ether oxygens (including phenoxy) is 2. The van der Waals surface area contributed by atoms with E-state index < -0.39 is 41.7 Å². The van der Waals surface area contributed by atoms with Crippen LogP contribution in [-0.2, 0) is 20.9 Å². The SMILES string of the molecule is CCCCN(C(=O)COC(=O)[C@@H](NC(=O)c1ccccc1OCC)C(C)C)c1c(N)n(CCC)c(=O)[nH]c1=O. The van der Waals surface area contributed by atoms with Crippen molar-refractivity contribution in [3.8, 4) is 5.75 Å². The molecule has 0 unspecified atom stereocenters. The molecule has 1 aromatic heterocycles. The highest BCUT2D eigenvalue weighted by molar-refractivity contribution is 6.00. The maximum absolute atomic E-state index is 13.2. The summed E-state index contributed by atoms with van der Waals surface area (Å²) in [6.07, 6.45) is 1.82. The Kier molecular flexibility index (Phi) is 11.8. The summed E-state index contributed by atoms with van der Waals surface area (Å²) in [5.74, 6) is -2.14. The van der Waals surface area contributed by atoms with Crippen molar-refractivity contribution in [2.45, 2.75) is 66.5 Å². The van der Waals surface area contributed by atoms with E-state index in [0.29, 0.717) is 31.6 Å². The van der Waals surface area contributed by atoms with Crippen LogP contribution in [0.5, 0.6) is 5.75 Å². The molecule has 214 valence electrons. The number of carbonyl (C=O) groups excluding carboxylic acids is 3. The van der Waals surface area contributed by atoms with Gasteiger partial charge in [-0.2, -0.15) is 0 Å². The van der Waals surface area contributed by atoms with E-state index in [1.165, 1.54) is 4.57 Å². The number of hydrogen-bond donors (Lipinski definition) is 3. The number of nitrogens with two attached hydrogens (primary N) is 1. The molecule has 0 aliphatic heterocycles. The molecule has 1 atom stereocenters. The number of esters is 1. The van der Waals surface area contributed by atoms with Gasteiger partial charge in [0.1, 0.15) is 17.6 Å². The number of nitrogens with zero attached hydrogens (tertiary/aromatic N) is 2. The summed E-state index contributed by atoms with van der Waals surface area (Å²) in [6, 6.07) is 5.60. The van der Waals surface area contributed by atoms with Crippen LogP contribution in [-0.4, -0.2) is 53.1 Å². The summed E-state index contributed by atoms with van der Waals surface area (Å²) < 4.78 is 12.0. The fourth-order valence-electron chi connectivity index (χ4n) is 3.91. The molecule has 0 fully saturated rings. The van der Waals surface area contributed by atoms with Crippen LogP contribution in [0.3, 0.4) is 0 Å². The number of anilines is 2. The normalized spacial score (nSPS) is 11.6. The number of benzene rings is 1. The van der Waals surface area contributed by atoms with Crippen LogP contribution >= 0.6 is 0 Å². The van der Waals surface area contributed by atoms with Crippen LogP contribution in [0.15, 0.2) is 33.9 Å². The number of hydrogen-bond acceptors (Lipinski definition) is 8. The summed E-state index contributed by atoms with van der Waals surface area (Å²) in [5, 5.41) is 2.66. The average Bonchev–Trinajstić information content (AvgIpc) is 2.90. The second-order valence-electron chi connectivity index (χ2n) is 9.28. The molecule has 0 aliphatic carbocycles. The number of nitrogens with one attached hydrogen (secondary N) is 2. The third kappa shape index (κ3) is 7.95. The van der Waals surface area contributed by atoms with Gasteiger partial charge in [-0.25, -0.2) is 9.59 Å². The zero-order chi connectivity index (χ0) is 29.1. The van der Waals surface area contributed by atoms with Crippen LogP contribution in [0.2, 0.25) is 0 Å². The average molecular weight is 546 g/mol. The minimum atomic E-state index is -1.05. The maximum Gasteiger partial charge on any atom is 0.330 e. The second kappa shape index (κ2) is 14.7. The standard InChI is InChI=1S/C27H39N5O7/c1-6-9-15-31(22-23(28)32(14-7-2)27(37)30-25(22)35)20(33)16-39-26(36)21(17(4)5)29-24(34)18-12-10-11-13-19(18)38-8-3/h10-13,17,21H,6-9,14-16,28H2,1-5H3,(H,29,34)(H,30,35,37)/t21-/m0/s1. The lowest BCUT2D eigenvalue weighted by Gasteiger charge is -2.25. The molecule has 2 amide bonds. The van der Waals surface area contributed by atoms with Gasteiger partial charge in [0.05, 0.1) is 12.2 Å². The van der Waals surface area contributed by atoms with E-state index in [2.05, 4.69) is 10.3 Å². The molecule has 12 heteroatoms. The molecule has 4 N–H and O–H groups in total. The van der Waals surface area contributed by atoms with E-state index in [0.717, 1.165) is 4.90 Å². The highest BCUT2D eigenvalue weighted by atomic mass is 16.5.